The number of nitrogens with one attached hydrogen (secondary N) is 1. The topological polar surface area (TPSA) is 56.1 Å². The number of rotatable bonds is 8. The number of methoxy groups -OCH3 is 2. The number of fused-ring (bicyclic) bond motifs is 1. The molecule has 3 rings (SSSR count). The summed E-state index contributed by atoms with van der Waals surface area (Å²) >= 11 is 1.45. The summed E-state index contributed by atoms with van der Waals surface area (Å²) < 4.78 is 11.8. The summed E-state index contributed by atoms with van der Waals surface area (Å²) in [6.45, 7) is 1.57. The van der Waals surface area contributed by atoms with Gasteiger partial charge in [0.2, 0.25) is 0 Å². The Bertz CT molecular complexity index is 900. The molecule has 0 fully saturated rings. The van der Waals surface area contributed by atoms with Crippen LogP contribution in [-0.4, -0.2) is 52.3 Å². The number of carbonyl (C=O) groups excluding carboxylic acids is 1. The average molecular weight is 401 g/mol. The van der Waals surface area contributed by atoms with Gasteiger partial charge in [0.25, 0.3) is 5.91 Å². The predicted molar refractivity (Wildman–Crippen MR) is 113 cm³/mol. The second kappa shape index (κ2) is 9.03. The van der Waals surface area contributed by atoms with Crippen LogP contribution in [0.15, 0.2) is 42.5 Å². The normalized spacial score (nSPS) is 11.0. The fraction of sp³-hybridized carbons (Fsp3) is 0.333. The van der Waals surface area contributed by atoms with Crippen LogP contribution in [0.2, 0.25) is 0 Å². The van der Waals surface area contributed by atoms with Crippen molar-refractivity contribution in [2.75, 3.05) is 46.3 Å². The van der Waals surface area contributed by atoms with Gasteiger partial charge < -0.3 is 14.4 Å². The molecule has 148 valence electrons. The Hall–Kier alpha value is -2.64. The Morgan fingerprint density at radius 2 is 1.75 bits per heavy atom. The van der Waals surface area contributed by atoms with Crippen LogP contribution in [-0.2, 0) is 0 Å². The Morgan fingerprint density at radius 3 is 2.39 bits per heavy atom. The highest BCUT2D eigenvalue weighted by molar-refractivity contribution is 7.22. The van der Waals surface area contributed by atoms with Gasteiger partial charge in [-0.3, -0.25) is 9.69 Å². The van der Waals surface area contributed by atoms with Crippen LogP contribution in [0.1, 0.15) is 16.8 Å². The number of amides is 1. The van der Waals surface area contributed by atoms with E-state index in [-0.39, 0.29) is 5.91 Å². The van der Waals surface area contributed by atoms with E-state index >= 15 is 0 Å². The zero-order chi connectivity index (χ0) is 20.1. The molecule has 0 saturated heterocycles. The number of quaternary nitrogens is 1. The van der Waals surface area contributed by atoms with E-state index in [2.05, 4.69) is 14.1 Å². The van der Waals surface area contributed by atoms with E-state index in [0.717, 1.165) is 23.4 Å². The molecule has 1 N–H and O–H groups in total. The van der Waals surface area contributed by atoms with Gasteiger partial charge >= 0.3 is 0 Å². The smallest absolute Gasteiger partial charge is 0.260 e. The van der Waals surface area contributed by atoms with Crippen molar-refractivity contribution in [2.24, 2.45) is 0 Å². The minimum Gasteiger partial charge on any atom is -0.495 e. The molecule has 0 aliphatic heterocycles. The van der Waals surface area contributed by atoms with E-state index in [1.54, 1.807) is 19.1 Å². The summed E-state index contributed by atoms with van der Waals surface area (Å²) in [4.78, 5) is 21.1. The maximum atomic E-state index is 13.2. The first kappa shape index (κ1) is 20.1. The van der Waals surface area contributed by atoms with Crippen molar-refractivity contribution < 1.29 is 19.2 Å². The fourth-order valence-corrected chi connectivity index (χ4v) is 4.10. The summed E-state index contributed by atoms with van der Waals surface area (Å²) in [5.74, 6) is 1.35. The van der Waals surface area contributed by atoms with Crippen LogP contribution in [0, 0.1) is 0 Å². The van der Waals surface area contributed by atoms with Gasteiger partial charge in [-0.25, -0.2) is 4.98 Å². The number of aromatic nitrogens is 1. The van der Waals surface area contributed by atoms with Gasteiger partial charge in [-0.05, 0) is 24.3 Å². The van der Waals surface area contributed by atoms with Gasteiger partial charge in [-0.15, -0.1) is 0 Å². The van der Waals surface area contributed by atoms with Gasteiger partial charge in [-0.1, -0.05) is 29.5 Å². The van der Waals surface area contributed by atoms with Crippen LogP contribution in [0.4, 0.5) is 5.13 Å². The molecule has 0 aliphatic carbocycles. The van der Waals surface area contributed by atoms with Gasteiger partial charge in [0.05, 0.1) is 34.9 Å². The number of benzene rings is 2. The van der Waals surface area contributed by atoms with Gasteiger partial charge in [-0.2, -0.15) is 0 Å². The van der Waals surface area contributed by atoms with Crippen LogP contribution in [0.25, 0.3) is 10.2 Å². The second-order valence-corrected chi connectivity index (χ2v) is 7.76. The van der Waals surface area contributed by atoms with Crippen molar-refractivity contribution in [2.45, 2.75) is 6.42 Å². The Balaban J connectivity index is 2.02. The van der Waals surface area contributed by atoms with Crippen molar-refractivity contribution in [1.29, 1.82) is 0 Å². The van der Waals surface area contributed by atoms with E-state index < -0.39 is 0 Å². The van der Waals surface area contributed by atoms with E-state index in [1.165, 1.54) is 16.2 Å². The van der Waals surface area contributed by atoms with Crippen LogP contribution >= 0.6 is 11.3 Å². The van der Waals surface area contributed by atoms with Gasteiger partial charge in [0.1, 0.15) is 21.7 Å². The van der Waals surface area contributed by atoms with E-state index in [1.807, 2.05) is 42.5 Å². The number of hydrogen-bond donors (Lipinski definition) is 1. The molecular weight excluding hydrogens is 374 g/mol. The molecule has 0 unspecified atom stereocenters. The highest BCUT2D eigenvalue weighted by atomic mass is 32.1. The number of ether oxygens (including phenoxy) is 2. The Kier molecular flexibility index (Phi) is 6.49. The molecule has 0 aliphatic rings. The summed E-state index contributed by atoms with van der Waals surface area (Å²) in [5, 5.41) is 0.653. The lowest BCUT2D eigenvalue weighted by atomic mass is 10.2. The highest BCUT2D eigenvalue weighted by Crippen LogP contribution is 2.40. The molecular formula is C21H26N3O3S+. The molecule has 28 heavy (non-hydrogen) atoms. The lowest BCUT2D eigenvalue weighted by Gasteiger charge is -2.20. The molecule has 1 amide bonds. The van der Waals surface area contributed by atoms with Crippen molar-refractivity contribution in [1.82, 2.24) is 4.98 Å². The zero-order valence-corrected chi connectivity index (χ0v) is 17.5. The first-order valence-electron chi connectivity index (χ1n) is 9.22. The molecule has 0 atom stereocenters. The number of hydrogen-bond acceptors (Lipinski definition) is 5. The minimum atomic E-state index is -0.0497. The molecule has 0 spiro atoms. The lowest BCUT2D eigenvalue weighted by molar-refractivity contribution is -0.858. The lowest BCUT2D eigenvalue weighted by Crippen LogP contribution is -3.05. The second-order valence-electron chi connectivity index (χ2n) is 6.78. The number of anilines is 1. The van der Waals surface area contributed by atoms with Crippen LogP contribution in [0.3, 0.4) is 0 Å². The summed E-state index contributed by atoms with van der Waals surface area (Å²) in [7, 11) is 7.47. The molecule has 3 aromatic rings. The van der Waals surface area contributed by atoms with E-state index in [4.69, 9.17) is 14.5 Å². The third kappa shape index (κ3) is 4.26. The third-order valence-electron chi connectivity index (χ3n) is 4.45. The maximum absolute atomic E-state index is 13.2. The summed E-state index contributed by atoms with van der Waals surface area (Å²) in [6.07, 6.45) is 0.880. The largest absolute Gasteiger partial charge is 0.495 e. The zero-order valence-electron chi connectivity index (χ0n) is 16.7. The molecule has 2 aromatic carbocycles. The Morgan fingerprint density at radius 1 is 1.07 bits per heavy atom. The summed E-state index contributed by atoms with van der Waals surface area (Å²) in [5.41, 5.74) is 1.36. The van der Waals surface area contributed by atoms with Gasteiger partial charge in [0, 0.05) is 18.5 Å². The monoisotopic (exact) mass is 400 g/mol. The number of nitrogens with zero attached hydrogens (tertiary/aromatic N) is 2. The van der Waals surface area contributed by atoms with Crippen molar-refractivity contribution in [3.05, 3.63) is 48.0 Å². The SMILES string of the molecule is COc1ccc(OC)c2sc(N(CCC[NH+](C)C)C(=O)c3ccccc3)nc12. The first-order chi connectivity index (χ1) is 13.5. The predicted octanol–water partition coefficient (Wildman–Crippen LogP) is 2.49. The van der Waals surface area contributed by atoms with Crippen molar-refractivity contribution >= 4 is 32.6 Å². The molecule has 0 radical (unpaired) electrons. The molecule has 0 bridgehead atoms. The average Bonchev–Trinajstić information content (AvgIpc) is 3.15. The van der Waals surface area contributed by atoms with Gasteiger partial charge in [0.15, 0.2) is 5.13 Å². The molecule has 1 heterocycles. The first-order valence-corrected chi connectivity index (χ1v) is 10.0. The minimum absolute atomic E-state index is 0.0497. The quantitative estimate of drug-likeness (QED) is 0.631. The fourth-order valence-electron chi connectivity index (χ4n) is 3.00. The number of thiazole rings is 1. The molecule has 6 nitrogen and oxygen atoms in total. The molecule has 7 heteroatoms. The molecule has 0 saturated carbocycles. The van der Waals surface area contributed by atoms with E-state index in [0.29, 0.717) is 28.5 Å². The van der Waals surface area contributed by atoms with Crippen molar-refractivity contribution in [3.8, 4) is 11.5 Å². The van der Waals surface area contributed by atoms with Crippen LogP contribution in [0.5, 0.6) is 11.5 Å². The standard InChI is InChI=1S/C21H25N3O3S/c1-23(2)13-8-14-24(20(25)15-9-6-5-7-10-15)21-22-18-16(26-3)11-12-17(27-4)19(18)28-21/h5-7,9-12H,8,13-14H2,1-4H3/p+1. The highest BCUT2D eigenvalue weighted by Gasteiger charge is 2.23. The van der Waals surface area contributed by atoms with E-state index in [9.17, 15) is 4.79 Å². The third-order valence-corrected chi connectivity index (χ3v) is 5.55. The maximum Gasteiger partial charge on any atom is 0.260 e. The molecule has 1 aromatic heterocycles. The summed E-state index contributed by atoms with van der Waals surface area (Å²) in [6, 6.07) is 13.0. The van der Waals surface area contributed by atoms with Crippen LogP contribution < -0.4 is 19.3 Å². The number of carbonyl (C=O) groups is 1. The van der Waals surface area contributed by atoms with Crippen molar-refractivity contribution in [3.63, 3.8) is 0 Å². The Labute approximate surface area is 169 Å².